The van der Waals surface area contributed by atoms with Crippen LogP contribution in [0.5, 0.6) is 0 Å². The summed E-state index contributed by atoms with van der Waals surface area (Å²) in [7, 11) is 0. The van der Waals surface area contributed by atoms with E-state index in [1.807, 2.05) is 11.0 Å². The first-order chi connectivity index (χ1) is 12.1. The lowest BCUT2D eigenvalue weighted by molar-refractivity contribution is -0.383. The van der Waals surface area contributed by atoms with Crippen LogP contribution in [0.4, 0.5) is 21.9 Å². The first-order valence-corrected chi connectivity index (χ1v) is 8.41. The van der Waals surface area contributed by atoms with Crippen LogP contribution in [0.1, 0.15) is 12.8 Å². The van der Waals surface area contributed by atoms with Gasteiger partial charge in [-0.3, -0.25) is 10.1 Å². The summed E-state index contributed by atoms with van der Waals surface area (Å²) in [6.45, 7) is 3.24. The fourth-order valence-corrected chi connectivity index (χ4v) is 3.33. The third-order valence-corrected chi connectivity index (χ3v) is 4.67. The number of anilines is 2. The predicted molar refractivity (Wildman–Crippen MR) is 92.4 cm³/mol. The number of nitro benzene ring substituents is 1. The zero-order valence-electron chi connectivity index (χ0n) is 13.9. The second-order valence-corrected chi connectivity index (χ2v) is 6.22. The highest BCUT2D eigenvalue weighted by molar-refractivity contribution is 5.77. The van der Waals surface area contributed by atoms with Crippen LogP contribution >= 0.6 is 0 Å². The number of nitro groups is 1. The lowest BCUT2D eigenvalue weighted by Crippen LogP contribution is -2.41. The van der Waals surface area contributed by atoms with Crippen molar-refractivity contribution in [2.75, 3.05) is 49.6 Å². The van der Waals surface area contributed by atoms with Gasteiger partial charge >= 0.3 is 11.8 Å². The summed E-state index contributed by atoms with van der Waals surface area (Å²) in [4.78, 5) is 25.7. The lowest BCUT2D eigenvalue weighted by Gasteiger charge is -2.32. The fourth-order valence-electron chi connectivity index (χ4n) is 3.33. The number of amides is 1. The normalized spacial score (nSPS) is 18.9. The van der Waals surface area contributed by atoms with Crippen LogP contribution in [-0.4, -0.2) is 66.5 Å². The number of hydrogen-bond acceptors (Lipinski definition) is 6. The summed E-state index contributed by atoms with van der Waals surface area (Å²) in [5.41, 5.74) is 1.16. The number of likely N-dealkylation sites (tertiary alicyclic amines) is 1. The molecule has 2 N–H and O–H groups in total. The van der Waals surface area contributed by atoms with Crippen molar-refractivity contribution >= 4 is 23.2 Å². The Balaban J connectivity index is 1.77. The first-order valence-electron chi connectivity index (χ1n) is 8.41. The number of carbonyl (C=O) groups is 1. The van der Waals surface area contributed by atoms with Crippen molar-refractivity contribution < 1.29 is 19.6 Å². The zero-order valence-corrected chi connectivity index (χ0v) is 13.9. The van der Waals surface area contributed by atoms with E-state index < -0.39 is 6.09 Å². The number of nitrogens with one attached hydrogen (secondary N) is 1. The highest BCUT2D eigenvalue weighted by Gasteiger charge is 2.28. The van der Waals surface area contributed by atoms with E-state index in [-0.39, 0.29) is 16.7 Å². The number of rotatable bonds is 4. The van der Waals surface area contributed by atoms with Crippen molar-refractivity contribution in [2.24, 2.45) is 0 Å². The Bertz CT molecular complexity index is 639. The van der Waals surface area contributed by atoms with Gasteiger partial charge in [0.25, 0.3) is 0 Å². The molecule has 2 fully saturated rings. The molecule has 3 rings (SSSR count). The van der Waals surface area contributed by atoms with E-state index in [9.17, 15) is 14.9 Å². The maximum Gasteiger partial charge on any atom is 0.407 e. The van der Waals surface area contributed by atoms with Gasteiger partial charge in [0.2, 0.25) is 0 Å². The van der Waals surface area contributed by atoms with Crippen molar-refractivity contribution in [2.45, 2.75) is 18.9 Å². The van der Waals surface area contributed by atoms with E-state index in [0.29, 0.717) is 63.6 Å². The molecule has 0 spiro atoms. The van der Waals surface area contributed by atoms with Crippen molar-refractivity contribution in [3.8, 4) is 0 Å². The van der Waals surface area contributed by atoms with Gasteiger partial charge in [0.1, 0.15) is 11.4 Å². The highest BCUT2D eigenvalue weighted by Crippen LogP contribution is 2.36. The number of ether oxygens (including phenoxy) is 1. The van der Waals surface area contributed by atoms with E-state index in [2.05, 4.69) is 5.32 Å². The number of nitrogens with zero attached hydrogens (tertiary/aromatic N) is 3. The number of carboxylic acid groups (broad SMARTS) is 1. The third kappa shape index (κ3) is 3.93. The van der Waals surface area contributed by atoms with Crippen molar-refractivity contribution in [1.29, 1.82) is 0 Å². The van der Waals surface area contributed by atoms with Crippen LogP contribution in [0, 0.1) is 10.1 Å². The summed E-state index contributed by atoms with van der Waals surface area (Å²) < 4.78 is 5.32. The van der Waals surface area contributed by atoms with Crippen molar-refractivity contribution in [3.63, 3.8) is 0 Å². The number of piperidine rings is 1. The molecule has 1 aromatic carbocycles. The maximum absolute atomic E-state index is 11.7. The van der Waals surface area contributed by atoms with Crippen LogP contribution in [0.2, 0.25) is 0 Å². The molecule has 0 radical (unpaired) electrons. The molecule has 25 heavy (non-hydrogen) atoms. The average Bonchev–Trinajstić information content (AvgIpc) is 2.62. The van der Waals surface area contributed by atoms with Gasteiger partial charge in [-0.25, -0.2) is 4.79 Å². The minimum Gasteiger partial charge on any atom is -0.465 e. The van der Waals surface area contributed by atoms with Crippen molar-refractivity contribution in [3.05, 3.63) is 28.3 Å². The Morgan fingerprint density at radius 1 is 1.24 bits per heavy atom. The van der Waals surface area contributed by atoms with E-state index in [1.165, 1.54) is 4.90 Å². The zero-order chi connectivity index (χ0) is 17.8. The number of para-hydroxylation sites is 1. The van der Waals surface area contributed by atoms with E-state index in [4.69, 9.17) is 9.84 Å². The predicted octanol–water partition coefficient (Wildman–Crippen LogP) is 1.99. The summed E-state index contributed by atoms with van der Waals surface area (Å²) in [5, 5.41) is 24.0. The lowest BCUT2D eigenvalue weighted by atomic mass is 10.0. The van der Waals surface area contributed by atoms with Gasteiger partial charge in [-0.15, -0.1) is 0 Å². The Morgan fingerprint density at radius 3 is 2.52 bits per heavy atom. The van der Waals surface area contributed by atoms with Gasteiger partial charge in [-0.2, -0.15) is 0 Å². The van der Waals surface area contributed by atoms with Gasteiger partial charge < -0.3 is 25.0 Å². The molecule has 2 saturated heterocycles. The molecule has 9 nitrogen and oxygen atoms in total. The topological polar surface area (TPSA) is 108 Å². The molecule has 0 atom stereocenters. The first kappa shape index (κ1) is 17.3. The Morgan fingerprint density at radius 2 is 1.92 bits per heavy atom. The highest BCUT2D eigenvalue weighted by atomic mass is 16.6. The monoisotopic (exact) mass is 350 g/mol. The van der Waals surface area contributed by atoms with E-state index in [0.717, 1.165) is 0 Å². The van der Waals surface area contributed by atoms with Gasteiger partial charge in [-0.05, 0) is 25.0 Å². The molecule has 0 saturated carbocycles. The van der Waals surface area contributed by atoms with Crippen molar-refractivity contribution in [1.82, 2.24) is 4.90 Å². The Hall–Kier alpha value is -2.55. The van der Waals surface area contributed by atoms with E-state index in [1.54, 1.807) is 12.1 Å². The van der Waals surface area contributed by atoms with Gasteiger partial charge in [-0.1, -0.05) is 6.07 Å². The summed E-state index contributed by atoms with van der Waals surface area (Å²) in [5.74, 6) is 0. The molecule has 2 aliphatic rings. The number of morpholine rings is 1. The molecule has 9 heteroatoms. The molecule has 0 unspecified atom stereocenters. The molecule has 2 aliphatic heterocycles. The molecule has 1 aromatic rings. The van der Waals surface area contributed by atoms with Crippen LogP contribution in [0.25, 0.3) is 0 Å². The fraction of sp³-hybridized carbons (Fsp3) is 0.562. The molecular weight excluding hydrogens is 328 g/mol. The summed E-state index contributed by atoms with van der Waals surface area (Å²) >= 11 is 0. The van der Waals surface area contributed by atoms with Gasteiger partial charge in [0, 0.05) is 32.2 Å². The number of benzene rings is 1. The molecule has 0 aromatic heterocycles. The quantitative estimate of drug-likeness (QED) is 0.631. The van der Waals surface area contributed by atoms with Crippen LogP contribution in [0.3, 0.4) is 0 Å². The maximum atomic E-state index is 11.7. The average molecular weight is 350 g/mol. The second kappa shape index (κ2) is 7.56. The standard InChI is InChI=1S/C16H22N4O5/c21-16(22)19-6-4-12(5-7-19)17-13-2-1-3-14(15(13)20(23)24)18-8-10-25-11-9-18/h1-3,12,17H,4-11H2,(H,21,22). The molecule has 136 valence electrons. The van der Waals surface area contributed by atoms with Gasteiger partial charge in [0.05, 0.1) is 18.1 Å². The van der Waals surface area contributed by atoms with E-state index >= 15 is 0 Å². The summed E-state index contributed by atoms with van der Waals surface area (Å²) in [6.07, 6.45) is 0.343. The molecule has 2 heterocycles. The minimum atomic E-state index is -0.918. The van der Waals surface area contributed by atoms with Crippen LogP contribution < -0.4 is 10.2 Å². The van der Waals surface area contributed by atoms with Crippen LogP contribution in [0.15, 0.2) is 18.2 Å². The van der Waals surface area contributed by atoms with Crippen LogP contribution in [-0.2, 0) is 4.74 Å². The SMILES string of the molecule is O=C(O)N1CCC(Nc2cccc(N3CCOCC3)c2[N+](=O)[O-])CC1. The second-order valence-electron chi connectivity index (χ2n) is 6.22. The molecule has 0 bridgehead atoms. The smallest absolute Gasteiger partial charge is 0.407 e. The largest absolute Gasteiger partial charge is 0.465 e. The summed E-state index contributed by atoms with van der Waals surface area (Å²) in [6, 6.07) is 5.31. The van der Waals surface area contributed by atoms with Gasteiger partial charge in [0.15, 0.2) is 0 Å². The Kier molecular flexibility index (Phi) is 5.22. The third-order valence-electron chi connectivity index (χ3n) is 4.67. The number of hydrogen-bond donors (Lipinski definition) is 2. The molecule has 1 amide bonds. The minimum absolute atomic E-state index is 0.0224. The molecular formula is C16H22N4O5. The molecule has 0 aliphatic carbocycles. The Labute approximate surface area is 145 Å².